The van der Waals surface area contributed by atoms with E-state index in [2.05, 4.69) is 10.6 Å². The van der Waals surface area contributed by atoms with Crippen LogP contribution >= 0.6 is 11.6 Å². The summed E-state index contributed by atoms with van der Waals surface area (Å²) < 4.78 is 44.4. The van der Waals surface area contributed by atoms with Gasteiger partial charge >= 0.3 is 17.8 Å². The molecular weight excluding hydrogens is 469 g/mol. The Morgan fingerprint density at radius 1 is 0.941 bits per heavy atom. The predicted octanol–water partition coefficient (Wildman–Crippen LogP) is 7.39. The third-order valence-corrected chi connectivity index (χ3v) is 5.69. The number of fused-ring (bicyclic) bond motifs is 1. The molecule has 9 heteroatoms. The second-order valence-corrected chi connectivity index (χ2v) is 8.12. The Balaban J connectivity index is 1.81. The molecule has 34 heavy (non-hydrogen) atoms. The van der Waals surface area contributed by atoms with Gasteiger partial charge in [0.15, 0.2) is 0 Å². The van der Waals surface area contributed by atoms with E-state index in [0.717, 1.165) is 17.7 Å². The Labute approximate surface area is 197 Å². The highest BCUT2D eigenvalue weighted by atomic mass is 35.5. The van der Waals surface area contributed by atoms with E-state index in [0.29, 0.717) is 27.1 Å². The molecule has 0 aliphatic rings. The van der Waals surface area contributed by atoms with Crippen LogP contribution in [-0.4, -0.2) is 6.03 Å². The first kappa shape index (κ1) is 23.4. The van der Waals surface area contributed by atoms with Crippen molar-refractivity contribution in [3.05, 3.63) is 92.8 Å². The number of aryl methyl sites for hydroxylation is 2. The molecule has 0 aliphatic heterocycles. The highest BCUT2D eigenvalue weighted by Gasteiger charge is 2.30. The van der Waals surface area contributed by atoms with E-state index in [1.165, 1.54) is 12.1 Å². The Morgan fingerprint density at radius 3 is 2.38 bits per heavy atom. The Bertz CT molecular complexity index is 1480. The van der Waals surface area contributed by atoms with Crippen LogP contribution in [-0.2, 0) is 6.18 Å². The lowest BCUT2D eigenvalue weighted by Gasteiger charge is -2.16. The largest absolute Gasteiger partial charge is 0.421 e. The minimum absolute atomic E-state index is 0.0892. The summed E-state index contributed by atoms with van der Waals surface area (Å²) in [6, 6.07) is 13.8. The third-order valence-electron chi connectivity index (χ3n) is 5.29. The fraction of sp³-hybridized carbons (Fsp3) is 0.120. The zero-order valence-corrected chi connectivity index (χ0v) is 18.8. The highest BCUT2D eigenvalue weighted by molar-refractivity contribution is 6.32. The van der Waals surface area contributed by atoms with Gasteiger partial charge in [-0.15, -0.1) is 0 Å². The van der Waals surface area contributed by atoms with E-state index in [4.69, 9.17) is 16.0 Å². The quantitative estimate of drug-likeness (QED) is 0.296. The van der Waals surface area contributed by atoms with Gasteiger partial charge in [-0.1, -0.05) is 41.9 Å². The van der Waals surface area contributed by atoms with E-state index in [9.17, 15) is 22.8 Å². The van der Waals surface area contributed by atoms with Crippen molar-refractivity contribution in [3.8, 4) is 11.1 Å². The van der Waals surface area contributed by atoms with Gasteiger partial charge < -0.3 is 15.1 Å². The summed E-state index contributed by atoms with van der Waals surface area (Å²) in [4.78, 5) is 25.6. The number of nitrogens with one attached hydrogen (secondary N) is 2. The Morgan fingerprint density at radius 2 is 1.68 bits per heavy atom. The summed E-state index contributed by atoms with van der Waals surface area (Å²) in [5.41, 5.74) is 0.894. The molecule has 5 nitrogen and oxygen atoms in total. The number of benzene rings is 3. The number of halogens is 4. The molecule has 0 atom stereocenters. The molecule has 3 aromatic carbocycles. The van der Waals surface area contributed by atoms with Gasteiger partial charge in [0, 0.05) is 21.7 Å². The number of rotatable bonds is 3. The second-order valence-electron chi connectivity index (χ2n) is 7.71. The Hall–Kier alpha value is -3.78. The van der Waals surface area contributed by atoms with Crippen molar-refractivity contribution in [1.29, 1.82) is 0 Å². The normalized spacial score (nSPS) is 11.5. The van der Waals surface area contributed by atoms with Crippen molar-refractivity contribution in [3.63, 3.8) is 0 Å². The maximum atomic E-state index is 13.0. The van der Waals surface area contributed by atoms with Crippen molar-refractivity contribution < 1.29 is 22.4 Å². The Kier molecular flexibility index (Phi) is 6.10. The number of hydrogen-bond acceptors (Lipinski definition) is 3. The van der Waals surface area contributed by atoms with Crippen LogP contribution in [0.15, 0.2) is 69.9 Å². The van der Waals surface area contributed by atoms with E-state index in [1.54, 1.807) is 31.2 Å². The minimum atomic E-state index is -4.57. The van der Waals surface area contributed by atoms with Crippen LogP contribution in [0.25, 0.3) is 22.1 Å². The van der Waals surface area contributed by atoms with Gasteiger partial charge in [0.25, 0.3) is 0 Å². The summed E-state index contributed by atoms with van der Waals surface area (Å²) in [6.45, 7) is 3.61. The van der Waals surface area contributed by atoms with Gasteiger partial charge in [-0.3, -0.25) is 0 Å². The van der Waals surface area contributed by atoms with Crippen molar-refractivity contribution >= 4 is 40.0 Å². The summed E-state index contributed by atoms with van der Waals surface area (Å²) in [7, 11) is 0. The average molecular weight is 487 g/mol. The average Bonchev–Trinajstić information content (AvgIpc) is 2.76. The molecule has 0 fully saturated rings. The molecule has 0 saturated carbocycles. The highest BCUT2D eigenvalue weighted by Crippen LogP contribution is 2.37. The van der Waals surface area contributed by atoms with Crippen molar-refractivity contribution in [2.75, 3.05) is 10.6 Å². The number of carbonyl (C=O) groups is 1. The molecule has 0 unspecified atom stereocenters. The molecule has 174 valence electrons. The number of amides is 2. The van der Waals surface area contributed by atoms with Crippen molar-refractivity contribution in [2.24, 2.45) is 0 Å². The van der Waals surface area contributed by atoms with Crippen LogP contribution in [0.2, 0.25) is 5.02 Å². The van der Waals surface area contributed by atoms with Crippen LogP contribution in [0, 0.1) is 13.8 Å². The molecule has 0 aliphatic carbocycles. The summed E-state index contributed by atoms with van der Waals surface area (Å²) in [5, 5.41) is 5.73. The predicted molar refractivity (Wildman–Crippen MR) is 126 cm³/mol. The minimum Gasteiger partial charge on any atom is -0.421 e. The van der Waals surface area contributed by atoms with Gasteiger partial charge in [-0.25, -0.2) is 9.59 Å². The summed E-state index contributed by atoms with van der Waals surface area (Å²) >= 11 is 6.33. The van der Waals surface area contributed by atoms with E-state index >= 15 is 0 Å². The monoisotopic (exact) mass is 486 g/mol. The molecule has 1 aromatic heterocycles. The fourth-order valence-corrected chi connectivity index (χ4v) is 3.78. The fourth-order valence-electron chi connectivity index (χ4n) is 3.62. The first-order valence-electron chi connectivity index (χ1n) is 10.1. The molecule has 4 aromatic rings. The van der Waals surface area contributed by atoms with Gasteiger partial charge in [-0.2, -0.15) is 13.2 Å². The van der Waals surface area contributed by atoms with Crippen LogP contribution in [0.5, 0.6) is 0 Å². The number of urea groups is 1. The smallest absolute Gasteiger partial charge is 0.416 e. The van der Waals surface area contributed by atoms with Gasteiger partial charge in [-0.05, 0) is 60.9 Å². The number of alkyl halides is 3. The molecule has 0 radical (unpaired) electrons. The topological polar surface area (TPSA) is 71.3 Å². The molecule has 2 N–H and O–H groups in total. The molecule has 1 heterocycles. The standard InChI is InChI=1S/C25H18ClF3N2O3/c1-13-6-3-4-9-17(13)21-18-12-19(26)14(2)10-20(18)34-23(32)22(21)31-24(33)30-16-8-5-7-15(11-16)25(27,28)29/h3-12H,1-2H3,(H2,30,31,33). The lowest BCUT2D eigenvalue weighted by molar-refractivity contribution is -0.137. The molecule has 4 rings (SSSR count). The van der Waals surface area contributed by atoms with Crippen LogP contribution in [0.4, 0.5) is 29.3 Å². The lowest BCUT2D eigenvalue weighted by Crippen LogP contribution is -2.24. The van der Waals surface area contributed by atoms with E-state index < -0.39 is 23.4 Å². The molecule has 0 spiro atoms. The molecular formula is C25H18ClF3N2O3. The zero-order valence-electron chi connectivity index (χ0n) is 18.0. The SMILES string of the molecule is Cc1cc2oc(=O)c(NC(=O)Nc3cccc(C(F)(F)F)c3)c(-c3ccccc3C)c2cc1Cl. The van der Waals surface area contributed by atoms with Crippen molar-refractivity contribution in [2.45, 2.75) is 20.0 Å². The lowest BCUT2D eigenvalue weighted by atomic mass is 9.96. The third kappa shape index (κ3) is 4.63. The summed E-state index contributed by atoms with van der Waals surface area (Å²) in [5.74, 6) is 0. The van der Waals surface area contributed by atoms with E-state index in [-0.39, 0.29) is 17.0 Å². The number of hydrogen-bond donors (Lipinski definition) is 2. The first-order chi connectivity index (χ1) is 16.0. The van der Waals surface area contributed by atoms with Crippen LogP contribution in [0.1, 0.15) is 16.7 Å². The van der Waals surface area contributed by atoms with Gasteiger partial charge in [0.2, 0.25) is 0 Å². The summed E-state index contributed by atoms with van der Waals surface area (Å²) in [6.07, 6.45) is -4.57. The molecule has 2 amide bonds. The van der Waals surface area contributed by atoms with Crippen LogP contribution < -0.4 is 16.3 Å². The van der Waals surface area contributed by atoms with Gasteiger partial charge in [0.05, 0.1) is 5.56 Å². The van der Waals surface area contributed by atoms with Gasteiger partial charge in [0.1, 0.15) is 11.3 Å². The molecule has 0 saturated heterocycles. The van der Waals surface area contributed by atoms with E-state index in [1.807, 2.05) is 19.1 Å². The number of anilines is 2. The number of carbonyl (C=O) groups excluding carboxylic acids is 1. The maximum Gasteiger partial charge on any atom is 0.416 e. The second kappa shape index (κ2) is 8.87. The first-order valence-corrected chi connectivity index (χ1v) is 10.5. The van der Waals surface area contributed by atoms with Crippen LogP contribution in [0.3, 0.4) is 0 Å². The molecule has 0 bridgehead atoms. The van der Waals surface area contributed by atoms with Crippen molar-refractivity contribution in [1.82, 2.24) is 0 Å². The maximum absolute atomic E-state index is 13.0. The zero-order chi connectivity index (χ0) is 24.6.